The molecule has 0 spiro atoms. The first-order valence-corrected chi connectivity index (χ1v) is 18.6. The fourth-order valence-electron chi connectivity index (χ4n) is 8.13. The van der Waals surface area contributed by atoms with Gasteiger partial charge in [0.1, 0.15) is 0 Å². The zero-order valence-electron chi connectivity index (χ0n) is 29.8. The lowest BCUT2D eigenvalue weighted by Gasteiger charge is -2.11. The number of aromatic nitrogens is 4. The third-order valence-corrected chi connectivity index (χ3v) is 10.8. The minimum absolute atomic E-state index is 0.633. The van der Waals surface area contributed by atoms with E-state index in [2.05, 4.69) is 162 Å². The number of fused-ring (bicyclic) bond motifs is 8. The minimum Gasteiger partial charge on any atom is -0.309 e. The number of rotatable bonds is 5. The molecule has 0 N–H and O–H groups in total. The molecule has 0 aliphatic carbocycles. The number of hydrogen-bond acceptors (Lipinski definition) is 3. The maximum atomic E-state index is 5.10. The molecule has 0 aliphatic heterocycles. The molecule has 0 saturated heterocycles. The van der Waals surface area contributed by atoms with E-state index in [-0.39, 0.29) is 0 Å². The van der Waals surface area contributed by atoms with E-state index in [4.69, 9.17) is 15.0 Å². The van der Waals surface area contributed by atoms with E-state index in [1.807, 2.05) is 36.4 Å². The highest BCUT2D eigenvalue weighted by Crippen LogP contribution is 2.41. The van der Waals surface area contributed by atoms with Crippen LogP contribution in [0.25, 0.3) is 105 Å². The van der Waals surface area contributed by atoms with Crippen LogP contribution in [-0.4, -0.2) is 19.5 Å². The molecule has 2 aromatic heterocycles. The predicted molar refractivity (Wildman–Crippen MR) is 228 cm³/mol. The van der Waals surface area contributed by atoms with Gasteiger partial charge < -0.3 is 4.57 Å². The highest BCUT2D eigenvalue weighted by atomic mass is 15.0. The molecule has 0 unspecified atom stereocenters. The van der Waals surface area contributed by atoms with Gasteiger partial charge in [-0.1, -0.05) is 146 Å². The molecule has 0 saturated carbocycles. The van der Waals surface area contributed by atoms with E-state index >= 15 is 0 Å². The standard InChI is InChI=1S/C51H32N4/c1-3-11-33(12-4-1)38-19-20-40-32-41(22-21-39(40)31-38)51-53-49(36-15-5-2-6-16-36)52-50(54-51)37-23-27-42(28-24-37)55-45-29-25-34-13-7-9-17-43(34)47(45)48-44-18-10-8-14-35(44)26-30-46(48)55/h1-32H. The van der Waals surface area contributed by atoms with E-state index in [0.29, 0.717) is 17.5 Å². The Kier molecular flexibility index (Phi) is 7.14. The second kappa shape index (κ2) is 12.6. The second-order valence-electron chi connectivity index (χ2n) is 14.1. The maximum Gasteiger partial charge on any atom is 0.164 e. The summed E-state index contributed by atoms with van der Waals surface area (Å²) >= 11 is 0. The average Bonchev–Trinajstić information content (AvgIpc) is 3.62. The van der Waals surface area contributed by atoms with E-state index < -0.39 is 0 Å². The van der Waals surface area contributed by atoms with E-state index in [1.165, 1.54) is 59.9 Å². The monoisotopic (exact) mass is 700 g/mol. The molecule has 0 radical (unpaired) electrons. The largest absolute Gasteiger partial charge is 0.309 e. The van der Waals surface area contributed by atoms with Gasteiger partial charge in [-0.25, -0.2) is 15.0 Å². The van der Waals surface area contributed by atoms with Gasteiger partial charge in [-0.2, -0.15) is 0 Å². The lowest BCUT2D eigenvalue weighted by molar-refractivity contribution is 1.07. The van der Waals surface area contributed by atoms with Gasteiger partial charge >= 0.3 is 0 Å². The van der Waals surface area contributed by atoms with Crippen molar-refractivity contribution in [2.45, 2.75) is 0 Å². The minimum atomic E-state index is 0.633. The quantitative estimate of drug-likeness (QED) is 0.179. The lowest BCUT2D eigenvalue weighted by Crippen LogP contribution is -2.00. The van der Waals surface area contributed by atoms with Crippen molar-refractivity contribution in [2.75, 3.05) is 0 Å². The molecule has 0 aliphatic rings. The molecule has 4 nitrogen and oxygen atoms in total. The maximum absolute atomic E-state index is 5.10. The first-order chi connectivity index (χ1) is 27.2. The molecule has 0 atom stereocenters. The summed E-state index contributed by atoms with van der Waals surface area (Å²) in [4.78, 5) is 15.2. The first kappa shape index (κ1) is 31.1. The van der Waals surface area contributed by atoms with Crippen LogP contribution in [0, 0.1) is 0 Å². The lowest BCUT2D eigenvalue weighted by atomic mass is 10.00. The van der Waals surface area contributed by atoms with Gasteiger partial charge in [0.05, 0.1) is 11.0 Å². The molecular weight excluding hydrogens is 669 g/mol. The molecular formula is C51H32N4. The van der Waals surface area contributed by atoms with Crippen molar-refractivity contribution in [1.29, 1.82) is 0 Å². The summed E-state index contributed by atoms with van der Waals surface area (Å²) in [5.74, 6) is 1.92. The van der Waals surface area contributed by atoms with E-state index in [1.54, 1.807) is 0 Å². The molecule has 0 bridgehead atoms. The van der Waals surface area contributed by atoms with Crippen molar-refractivity contribution in [2.24, 2.45) is 0 Å². The Morgan fingerprint density at radius 3 is 1.29 bits per heavy atom. The third-order valence-electron chi connectivity index (χ3n) is 10.8. The van der Waals surface area contributed by atoms with Crippen LogP contribution in [0.5, 0.6) is 0 Å². The van der Waals surface area contributed by atoms with E-state index in [0.717, 1.165) is 27.8 Å². The summed E-state index contributed by atoms with van der Waals surface area (Å²) in [6.45, 7) is 0. The van der Waals surface area contributed by atoms with Crippen molar-refractivity contribution < 1.29 is 0 Å². The molecule has 11 aromatic rings. The van der Waals surface area contributed by atoms with Crippen LogP contribution in [0.4, 0.5) is 0 Å². The normalized spacial score (nSPS) is 11.6. The Labute approximate surface area is 317 Å². The van der Waals surface area contributed by atoms with Crippen molar-refractivity contribution in [3.63, 3.8) is 0 Å². The van der Waals surface area contributed by atoms with E-state index in [9.17, 15) is 0 Å². The van der Waals surface area contributed by atoms with Gasteiger partial charge in [0.15, 0.2) is 17.5 Å². The molecule has 0 fully saturated rings. The van der Waals surface area contributed by atoms with Gasteiger partial charge in [0, 0.05) is 33.2 Å². The topological polar surface area (TPSA) is 43.6 Å². The summed E-state index contributed by atoms with van der Waals surface area (Å²) in [5, 5.41) is 9.84. The number of hydrogen-bond donors (Lipinski definition) is 0. The fourth-order valence-corrected chi connectivity index (χ4v) is 8.13. The molecule has 4 heteroatoms. The van der Waals surface area contributed by atoms with Crippen molar-refractivity contribution >= 4 is 54.1 Å². The molecule has 55 heavy (non-hydrogen) atoms. The van der Waals surface area contributed by atoms with Crippen LogP contribution in [0.15, 0.2) is 194 Å². The summed E-state index contributed by atoms with van der Waals surface area (Å²) in [5.41, 5.74) is 8.66. The molecule has 11 rings (SSSR count). The zero-order valence-corrected chi connectivity index (χ0v) is 29.8. The predicted octanol–water partition coefficient (Wildman–Crippen LogP) is 13.1. The summed E-state index contributed by atoms with van der Waals surface area (Å²) < 4.78 is 2.39. The Morgan fingerprint density at radius 1 is 0.291 bits per heavy atom. The average molecular weight is 701 g/mol. The van der Waals surface area contributed by atoms with Crippen molar-refractivity contribution in [3.05, 3.63) is 194 Å². The van der Waals surface area contributed by atoms with Gasteiger partial charge in [-0.15, -0.1) is 0 Å². The van der Waals surface area contributed by atoms with Crippen molar-refractivity contribution in [1.82, 2.24) is 19.5 Å². The number of benzene rings is 9. The summed E-state index contributed by atoms with van der Waals surface area (Å²) in [6.07, 6.45) is 0. The van der Waals surface area contributed by atoms with Crippen molar-refractivity contribution in [3.8, 4) is 51.0 Å². The van der Waals surface area contributed by atoms with Crippen LogP contribution >= 0.6 is 0 Å². The Bertz CT molecular complexity index is 3150. The first-order valence-electron chi connectivity index (χ1n) is 18.6. The third kappa shape index (κ3) is 5.26. The van der Waals surface area contributed by atoms with Crippen LogP contribution in [0.2, 0.25) is 0 Å². The molecule has 0 amide bonds. The van der Waals surface area contributed by atoms with Crippen LogP contribution in [0.1, 0.15) is 0 Å². The van der Waals surface area contributed by atoms with Crippen LogP contribution < -0.4 is 0 Å². The van der Waals surface area contributed by atoms with Gasteiger partial charge in [0.25, 0.3) is 0 Å². The summed E-state index contributed by atoms with van der Waals surface area (Å²) in [7, 11) is 0. The van der Waals surface area contributed by atoms with Gasteiger partial charge in [-0.05, 0) is 92.0 Å². The highest BCUT2D eigenvalue weighted by Gasteiger charge is 2.18. The molecule has 256 valence electrons. The Balaban J connectivity index is 1.04. The molecule has 2 heterocycles. The second-order valence-corrected chi connectivity index (χ2v) is 14.1. The smallest absolute Gasteiger partial charge is 0.164 e. The van der Waals surface area contributed by atoms with Crippen LogP contribution in [0.3, 0.4) is 0 Å². The van der Waals surface area contributed by atoms with Gasteiger partial charge in [0.2, 0.25) is 0 Å². The SMILES string of the molecule is c1ccc(-c2ccc3cc(-c4nc(-c5ccccc5)nc(-c5ccc(-n6c7ccc8ccccc8c7c7c8ccccc8ccc76)cc5)n4)ccc3c2)cc1. The Hall–Kier alpha value is -7.43. The number of nitrogens with zero attached hydrogens (tertiary/aromatic N) is 4. The summed E-state index contributed by atoms with van der Waals surface area (Å²) in [6, 6.07) is 68.7. The van der Waals surface area contributed by atoms with Gasteiger partial charge in [-0.3, -0.25) is 0 Å². The Morgan fingerprint density at radius 2 is 0.709 bits per heavy atom. The molecule has 9 aromatic carbocycles. The fraction of sp³-hybridized carbons (Fsp3) is 0. The van der Waals surface area contributed by atoms with Crippen LogP contribution in [-0.2, 0) is 0 Å². The highest BCUT2D eigenvalue weighted by molar-refractivity contribution is 6.28. The zero-order chi connectivity index (χ0) is 36.3.